The average Bonchev–Trinajstić information content (AvgIpc) is 2.75. The molecule has 7 nitrogen and oxygen atoms in total. The number of amides is 1. The largest absolute Gasteiger partial charge is 0.377 e. The molecule has 1 fully saturated rings. The summed E-state index contributed by atoms with van der Waals surface area (Å²) in [6.07, 6.45) is 3.44. The first kappa shape index (κ1) is 17.3. The first-order chi connectivity index (χ1) is 10.6. The Kier molecular flexibility index (Phi) is 6.69. The Labute approximate surface area is 135 Å². The molecule has 1 atom stereocenters. The maximum absolute atomic E-state index is 12.1. The Balaban J connectivity index is 1.78. The smallest absolute Gasteiger partial charge is 0.240 e. The maximum Gasteiger partial charge on any atom is 0.240 e. The molecule has 1 aliphatic rings. The summed E-state index contributed by atoms with van der Waals surface area (Å²) in [6.45, 7) is 2.77. The fraction of sp³-hybridized carbons (Fsp3) is 0.786. The molecule has 2 heterocycles. The molecule has 0 spiro atoms. The van der Waals surface area contributed by atoms with E-state index in [1.165, 1.54) is 17.8 Å². The molecule has 0 saturated carbocycles. The van der Waals surface area contributed by atoms with Crippen molar-refractivity contribution in [2.75, 3.05) is 46.2 Å². The van der Waals surface area contributed by atoms with Gasteiger partial charge in [0.25, 0.3) is 0 Å². The van der Waals surface area contributed by atoms with Gasteiger partial charge in [-0.15, -0.1) is 10.2 Å². The second-order valence-electron chi connectivity index (χ2n) is 5.81. The molecule has 0 aromatic carbocycles. The summed E-state index contributed by atoms with van der Waals surface area (Å²) in [5, 5.41) is 12.0. The number of methoxy groups -OCH3 is 1. The van der Waals surface area contributed by atoms with Crippen LogP contribution < -0.4 is 5.32 Å². The summed E-state index contributed by atoms with van der Waals surface area (Å²) in [5.41, 5.74) is 0. The van der Waals surface area contributed by atoms with Crippen molar-refractivity contribution in [3.63, 3.8) is 0 Å². The lowest BCUT2D eigenvalue weighted by molar-refractivity contribution is -0.117. The lowest BCUT2D eigenvalue weighted by atomic mass is 10.1. The number of hydrogen-bond donors (Lipinski definition) is 1. The second kappa shape index (κ2) is 8.52. The summed E-state index contributed by atoms with van der Waals surface area (Å²) in [7, 11) is 5.86. The van der Waals surface area contributed by atoms with Gasteiger partial charge in [-0.25, -0.2) is 0 Å². The van der Waals surface area contributed by atoms with Crippen molar-refractivity contribution >= 4 is 22.4 Å². The van der Waals surface area contributed by atoms with Crippen molar-refractivity contribution in [1.82, 2.24) is 20.0 Å². The van der Waals surface area contributed by atoms with E-state index in [1.807, 2.05) is 0 Å². The summed E-state index contributed by atoms with van der Waals surface area (Å²) < 4.78 is 4.99. The standard InChI is InChI=1S/C14H25N5O2S/c1-18(2)11-5-4-7-19(8-6-11)9-12(20)15-14-17-16-13(22-14)10-21-3/h11H,4-10H2,1-3H3,(H,15,17,20)/t11-/m1/s1. The number of hydrogen-bond acceptors (Lipinski definition) is 7. The monoisotopic (exact) mass is 327 g/mol. The van der Waals surface area contributed by atoms with E-state index in [0.717, 1.165) is 30.9 Å². The minimum Gasteiger partial charge on any atom is -0.377 e. The number of aromatic nitrogens is 2. The van der Waals surface area contributed by atoms with Crippen LogP contribution in [-0.2, 0) is 16.1 Å². The zero-order valence-corrected chi connectivity index (χ0v) is 14.4. The van der Waals surface area contributed by atoms with Crippen LogP contribution in [0.25, 0.3) is 0 Å². The van der Waals surface area contributed by atoms with E-state index in [4.69, 9.17) is 4.74 Å². The summed E-state index contributed by atoms with van der Waals surface area (Å²) in [5.74, 6) is -0.0246. The first-order valence-electron chi connectivity index (χ1n) is 7.58. The van der Waals surface area contributed by atoms with Gasteiger partial charge in [0.15, 0.2) is 0 Å². The van der Waals surface area contributed by atoms with Gasteiger partial charge >= 0.3 is 0 Å². The molecule has 22 heavy (non-hydrogen) atoms. The normalized spacial score (nSPS) is 20.1. The van der Waals surface area contributed by atoms with Crippen LogP contribution in [0.1, 0.15) is 24.3 Å². The molecule has 1 amide bonds. The van der Waals surface area contributed by atoms with Crippen LogP contribution in [0, 0.1) is 0 Å². The molecule has 124 valence electrons. The molecule has 0 radical (unpaired) electrons. The topological polar surface area (TPSA) is 70.6 Å². The van der Waals surface area contributed by atoms with Gasteiger partial charge in [0.05, 0.1) is 6.54 Å². The molecule has 1 saturated heterocycles. The number of rotatable bonds is 6. The fourth-order valence-corrected chi connectivity index (χ4v) is 3.39. The molecule has 1 aliphatic heterocycles. The van der Waals surface area contributed by atoms with Crippen molar-refractivity contribution in [3.8, 4) is 0 Å². The highest BCUT2D eigenvalue weighted by Crippen LogP contribution is 2.17. The molecule has 1 aromatic heterocycles. The summed E-state index contributed by atoms with van der Waals surface area (Å²) >= 11 is 1.35. The minimum absolute atomic E-state index is 0.0246. The predicted octanol–water partition coefficient (Wildman–Crippen LogP) is 1.04. The summed E-state index contributed by atoms with van der Waals surface area (Å²) in [4.78, 5) is 16.6. The number of ether oxygens (including phenoxy) is 1. The average molecular weight is 327 g/mol. The Morgan fingerprint density at radius 3 is 2.95 bits per heavy atom. The highest BCUT2D eigenvalue weighted by molar-refractivity contribution is 7.15. The fourth-order valence-electron chi connectivity index (χ4n) is 2.66. The van der Waals surface area contributed by atoms with E-state index in [9.17, 15) is 4.79 Å². The number of carbonyl (C=O) groups excluding carboxylic acids is 1. The Morgan fingerprint density at radius 1 is 1.41 bits per heavy atom. The van der Waals surface area contributed by atoms with E-state index in [1.54, 1.807) is 7.11 Å². The number of nitrogens with zero attached hydrogens (tertiary/aromatic N) is 4. The maximum atomic E-state index is 12.1. The summed E-state index contributed by atoms with van der Waals surface area (Å²) in [6, 6.07) is 0.618. The molecule has 1 N–H and O–H groups in total. The highest BCUT2D eigenvalue weighted by atomic mass is 32.1. The van der Waals surface area contributed by atoms with Crippen molar-refractivity contribution in [3.05, 3.63) is 5.01 Å². The van der Waals surface area contributed by atoms with Crippen LogP contribution in [0.5, 0.6) is 0 Å². The van der Waals surface area contributed by atoms with Crippen LogP contribution in [0.3, 0.4) is 0 Å². The van der Waals surface area contributed by atoms with Gasteiger partial charge in [-0.05, 0) is 39.9 Å². The number of carbonyl (C=O) groups is 1. The van der Waals surface area contributed by atoms with Gasteiger partial charge in [0.1, 0.15) is 11.6 Å². The van der Waals surface area contributed by atoms with E-state index in [-0.39, 0.29) is 5.91 Å². The Hall–Kier alpha value is -1.09. The third kappa shape index (κ3) is 5.28. The molecular formula is C14H25N5O2S. The third-order valence-electron chi connectivity index (χ3n) is 3.87. The van der Waals surface area contributed by atoms with E-state index in [2.05, 4.69) is 39.4 Å². The van der Waals surface area contributed by atoms with Crippen molar-refractivity contribution < 1.29 is 9.53 Å². The van der Waals surface area contributed by atoms with Gasteiger partial charge in [0, 0.05) is 19.7 Å². The number of anilines is 1. The molecule has 0 bridgehead atoms. The minimum atomic E-state index is -0.0246. The first-order valence-corrected chi connectivity index (χ1v) is 8.40. The number of nitrogens with one attached hydrogen (secondary N) is 1. The lowest BCUT2D eigenvalue weighted by Crippen LogP contribution is -2.35. The number of likely N-dealkylation sites (tertiary alicyclic amines) is 1. The van der Waals surface area contributed by atoms with Crippen LogP contribution in [0.2, 0.25) is 0 Å². The lowest BCUT2D eigenvalue weighted by Gasteiger charge is -2.23. The zero-order chi connectivity index (χ0) is 15.9. The van der Waals surface area contributed by atoms with E-state index < -0.39 is 0 Å². The van der Waals surface area contributed by atoms with E-state index in [0.29, 0.717) is 24.3 Å². The Bertz CT molecular complexity index is 480. The zero-order valence-electron chi connectivity index (χ0n) is 13.5. The van der Waals surface area contributed by atoms with Gasteiger partial charge in [-0.3, -0.25) is 15.0 Å². The second-order valence-corrected chi connectivity index (χ2v) is 6.87. The molecular weight excluding hydrogens is 302 g/mol. The molecule has 8 heteroatoms. The van der Waals surface area contributed by atoms with E-state index >= 15 is 0 Å². The molecule has 0 unspecified atom stereocenters. The van der Waals surface area contributed by atoms with Crippen LogP contribution >= 0.6 is 11.3 Å². The molecule has 0 aliphatic carbocycles. The molecule has 1 aromatic rings. The van der Waals surface area contributed by atoms with Gasteiger partial charge < -0.3 is 9.64 Å². The van der Waals surface area contributed by atoms with Crippen molar-refractivity contribution in [2.45, 2.75) is 31.9 Å². The van der Waals surface area contributed by atoms with Gasteiger partial charge in [-0.1, -0.05) is 11.3 Å². The van der Waals surface area contributed by atoms with Crippen LogP contribution in [-0.4, -0.2) is 72.8 Å². The SMILES string of the molecule is COCc1nnc(NC(=O)CN2CCC[C@@H](N(C)C)CC2)s1. The Morgan fingerprint density at radius 2 is 2.23 bits per heavy atom. The molecule has 2 rings (SSSR count). The highest BCUT2D eigenvalue weighted by Gasteiger charge is 2.20. The van der Waals surface area contributed by atoms with Crippen molar-refractivity contribution in [1.29, 1.82) is 0 Å². The van der Waals surface area contributed by atoms with Crippen LogP contribution in [0.4, 0.5) is 5.13 Å². The quantitative estimate of drug-likeness (QED) is 0.842. The predicted molar refractivity (Wildman–Crippen MR) is 87.0 cm³/mol. The van der Waals surface area contributed by atoms with Gasteiger partial charge in [-0.2, -0.15) is 0 Å². The van der Waals surface area contributed by atoms with Crippen molar-refractivity contribution in [2.24, 2.45) is 0 Å². The third-order valence-corrected chi connectivity index (χ3v) is 4.68. The van der Waals surface area contributed by atoms with Crippen LogP contribution in [0.15, 0.2) is 0 Å². The van der Waals surface area contributed by atoms with Gasteiger partial charge in [0.2, 0.25) is 11.0 Å².